The number of alkyl halides is 1. The second-order valence-electron chi connectivity index (χ2n) is 4.67. The predicted molar refractivity (Wildman–Crippen MR) is 69.4 cm³/mol. The molecular formula is C11H15ClN4S. The summed E-state index contributed by atoms with van der Waals surface area (Å²) in [6.45, 7) is 6.97. The zero-order valence-electron chi connectivity index (χ0n) is 10.1. The summed E-state index contributed by atoms with van der Waals surface area (Å²) in [6, 6.07) is 4.20. The summed E-state index contributed by atoms with van der Waals surface area (Å²) in [5, 5.41) is 13.6. The third kappa shape index (κ3) is 2.66. The summed E-state index contributed by atoms with van der Waals surface area (Å²) in [5.41, 5.74) is 0.00404. The average molecular weight is 271 g/mol. The fourth-order valence-electron chi connectivity index (χ4n) is 1.73. The molecule has 2 heterocycles. The van der Waals surface area contributed by atoms with Gasteiger partial charge in [-0.25, -0.2) is 4.68 Å². The van der Waals surface area contributed by atoms with Crippen molar-refractivity contribution >= 4 is 22.9 Å². The van der Waals surface area contributed by atoms with E-state index in [9.17, 15) is 0 Å². The van der Waals surface area contributed by atoms with Gasteiger partial charge in [-0.2, -0.15) is 0 Å². The summed E-state index contributed by atoms with van der Waals surface area (Å²) >= 11 is 7.79. The van der Waals surface area contributed by atoms with Crippen molar-refractivity contribution in [2.45, 2.75) is 38.1 Å². The molecule has 2 rings (SSSR count). The molecule has 0 spiro atoms. The van der Waals surface area contributed by atoms with Crippen molar-refractivity contribution in [3.05, 3.63) is 28.2 Å². The van der Waals surface area contributed by atoms with Crippen LogP contribution in [0.25, 0.3) is 0 Å². The first-order chi connectivity index (χ1) is 8.00. The lowest BCUT2D eigenvalue weighted by Crippen LogP contribution is -2.25. The highest BCUT2D eigenvalue weighted by atomic mass is 35.5. The van der Waals surface area contributed by atoms with Gasteiger partial charge in [0.1, 0.15) is 0 Å². The van der Waals surface area contributed by atoms with Gasteiger partial charge < -0.3 is 0 Å². The van der Waals surface area contributed by atoms with Crippen LogP contribution in [0, 0.1) is 0 Å². The number of hydrogen-bond acceptors (Lipinski definition) is 4. The van der Waals surface area contributed by atoms with E-state index in [4.69, 9.17) is 11.6 Å². The molecule has 0 aliphatic heterocycles. The van der Waals surface area contributed by atoms with Crippen LogP contribution in [0.3, 0.4) is 0 Å². The fraction of sp³-hybridized carbons (Fsp3) is 0.545. The van der Waals surface area contributed by atoms with Crippen LogP contribution in [0.15, 0.2) is 17.5 Å². The average Bonchev–Trinajstić information content (AvgIpc) is 2.85. The van der Waals surface area contributed by atoms with Crippen molar-refractivity contribution in [1.29, 1.82) is 0 Å². The van der Waals surface area contributed by atoms with E-state index in [1.807, 2.05) is 6.92 Å². The van der Waals surface area contributed by atoms with Gasteiger partial charge in [-0.05, 0) is 28.8 Å². The predicted octanol–water partition coefficient (Wildman–Crippen LogP) is 3.01. The normalized spacial score (nSPS) is 13.9. The van der Waals surface area contributed by atoms with E-state index in [0.29, 0.717) is 0 Å². The third-order valence-corrected chi connectivity index (χ3v) is 4.08. The smallest absolute Gasteiger partial charge is 0.168 e. The highest BCUT2D eigenvalue weighted by molar-refractivity contribution is 7.10. The van der Waals surface area contributed by atoms with Crippen LogP contribution < -0.4 is 0 Å². The Kier molecular flexibility index (Phi) is 3.49. The van der Waals surface area contributed by atoms with Crippen molar-refractivity contribution in [2.75, 3.05) is 0 Å². The molecule has 2 aromatic heterocycles. The van der Waals surface area contributed by atoms with Crippen LogP contribution in [0.4, 0.5) is 0 Å². The molecule has 1 unspecified atom stereocenters. The van der Waals surface area contributed by atoms with Crippen molar-refractivity contribution in [3.63, 3.8) is 0 Å². The number of tetrazole rings is 1. The molecule has 0 saturated heterocycles. The second kappa shape index (κ2) is 4.74. The molecule has 0 aliphatic carbocycles. The minimum absolute atomic E-state index is 0.00404. The van der Waals surface area contributed by atoms with E-state index in [1.165, 1.54) is 4.88 Å². The van der Waals surface area contributed by atoms with Crippen molar-refractivity contribution < 1.29 is 0 Å². The maximum Gasteiger partial charge on any atom is 0.168 e. The van der Waals surface area contributed by atoms with Crippen LogP contribution >= 0.6 is 22.9 Å². The molecule has 1 atom stereocenters. The quantitative estimate of drug-likeness (QED) is 0.802. The van der Waals surface area contributed by atoms with E-state index >= 15 is 0 Å². The topological polar surface area (TPSA) is 43.6 Å². The Morgan fingerprint density at radius 2 is 2.29 bits per heavy atom. The molecule has 0 bridgehead atoms. The minimum Gasteiger partial charge on any atom is -0.227 e. The van der Waals surface area contributed by atoms with E-state index in [1.54, 1.807) is 16.0 Å². The summed E-state index contributed by atoms with van der Waals surface area (Å²) < 4.78 is 1.79. The maximum absolute atomic E-state index is 6.04. The first-order valence-corrected chi connectivity index (χ1v) is 6.76. The van der Waals surface area contributed by atoms with Gasteiger partial charge in [0.2, 0.25) is 0 Å². The van der Waals surface area contributed by atoms with Crippen LogP contribution in [-0.2, 0) is 12.0 Å². The molecule has 2 aromatic rings. The van der Waals surface area contributed by atoms with E-state index < -0.39 is 0 Å². The van der Waals surface area contributed by atoms with Gasteiger partial charge in [0.25, 0.3) is 0 Å². The van der Waals surface area contributed by atoms with Gasteiger partial charge in [0.05, 0.1) is 11.9 Å². The molecule has 17 heavy (non-hydrogen) atoms. The number of aromatic nitrogens is 4. The maximum atomic E-state index is 6.04. The van der Waals surface area contributed by atoms with Gasteiger partial charge in [0.15, 0.2) is 5.82 Å². The minimum atomic E-state index is -0.177. The molecule has 92 valence electrons. The zero-order chi connectivity index (χ0) is 12.5. The fourth-order valence-corrected chi connectivity index (χ4v) is 2.73. The van der Waals surface area contributed by atoms with Crippen molar-refractivity contribution in [3.8, 4) is 0 Å². The molecule has 0 aliphatic rings. The van der Waals surface area contributed by atoms with Gasteiger partial charge in [0, 0.05) is 10.3 Å². The lowest BCUT2D eigenvalue weighted by atomic mass is 9.91. The van der Waals surface area contributed by atoms with Crippen molar-refractivity contribution in [1.82, 2.24) is 20.2 Å². The highest BCUT2D eigenvalue weighted by Crippen LogP contribution is 2.30. The zero-order valence-corrected chi connectivity index (χ0v) is 11.7. The van der Waals surface area contributed by atoms with Crippen LogP contribution in [0.5, 0.6) is 0 Å². The molecule has 0 amide bonds. The van der Waals surface area contributed by atoms with Gasteiger partial charge in [-0.3, -0.25) is 0 Å². The molecule has 0 fully saturated rings. The molecule has 6 heteroatoms. The summed E-state index contributed by atoms with van der Waals surface area (Å²) in [4.78, 5) is 1.32. The van der Waals surface area contributed by atoms with E-state index in [0.717, 1.165) is 12.4 Å². The Hall–Kier alpha value is -0.940. The molecule has 0 N–H and O–H groups in total. The monoisotopic (exact) mass is 270 g/mol. The first kappa shape index (κ1) is 12.5. The van der Waals surface area contributed by atoms with Crippen molar-refractivity contribution in [2.24, 2.45) is 0 Å². The number of thiophene rings is 1. The molecule has 0 radical (unpaired) electrons. The Bertz CT molecular complexity index is 475. The molecular weight excluding hydrogens is 256 g/mol. The standard InChI is InChI=1S/C11H15ClN4S/c1-8(12)10-13-14-15-16(10)7-11(2,3)9-5-4-6-17-9/h4-6,8H,7H2,1-3H3. The number of halogens is 1. The van der Waals surface area contributed by atoms with Crippen LogP contribution in [-0.4, -0.2) is 20.2 Å². The lowest BCUT2D eigenvalue weighted by molar-refractivity contribution is 0.398. The Balaban J connectivity index is 2.23. The van der Waals surface area contributed by atoms with E-state index in [2.05, 4.69) is 46.9 Å². The van der Waals surface area contributed by atoms with Gasteiger partial charge >= 0.3 is 0 Å². The highest BCUT2D eigenvalue weighted by Gasteiger charge is 2.25. The second-order valence-corrected chi connectivity index (χ2v) is 6.27. The Morgan fingerprint density at radius 3 is 2.88 bits per heavy atom. The Labute approximate surface area is 110 Å². The number of nitrogens with zero attached hydrogens (tertiary/aromatic N) is 4. The molecule has 0 aromatic carbocycles. The Morgan fingerprint density at radius 1 is 1.53 bits per heavy atom. The largest absolute Gasteiger partial charge is 0.227 e. The van der Waals surface area contributed by atoms with Gasteiger partial charge in [-0.1, -0.05) is 19.9 Å². The lowest BCUT2D eigenvalue weighted by Gasteiger charge is -2.23. The summed E-state index contributed by atoms with van der Waals surface area (Å²) in [7, 11) is 0. The van der Waals surface area contributed by atoms with Gasteiger partial charge in [-0.15, -0.1) is 28.0 Å². The molecule has 0 saturated carbocycles. The number of rotatable bonds is 4. The first-order valence-electron chi connectivity index (χ1n) is 5.45. The molecule has 4 nitrogen and oxygen atoms in total. The van der Waals surface area contributed by atoms with Crippen LogP contribution in [0.2, 0.25) is 0 Å². The van der Waals surface area contributed by atoms with E-state index in [-0.39, 0.29) is 10.8 Å². The SMILES string of the molecule is CC(Cl)c1nnnn1CC(C)(C)c1cccs1. The third-order valence-electron chi connectivity index (χ3n) is 2.65. The van der Waals surface area contributed by atoms with Crippen LogP contribution in [0.1, 0.15) is 36.8 Å². The summed E-state index contributed by atoms with van der Waals surface area (Å²) in [5.74, 6) is 0.719. The summed E-state index contributed by atoms with van der Waals surface area (Å²) in [6.07, 6.45) is 0. The number of hydrogen-bond donors (Lipinski definition) is 0.